The van der Waals surface area contributed by atoms with Gasteiger partial charge in [-0.25, -0.2) is 4.98 Å². The van der Waals surface area contributed by atoms with Crippen molar-refractivity contribution in [2.75, 3.05) is 38.1 Å². The molecule has 4 aromatic rings. The Balaban J connectivity index is 1.42. The van der Waals surface area contributed by atoms with Crippen LogP contribution in [0.1, 0.15) is 0 Å². The number of piperazine rings is 1. The fourth-order valence-electron chi connectivity index (χ4n) is 3.78. The van der Waals surface area contributed by atoms with Crippen LogP contribution < -0.4 is 4.90 Å². The van der Waals surface area contributed by atoms with Crippen LogP contribution in [0.25, 0.3) is 33.9 Å². The van der Waals surface area contributed by atoms with Gasteiger partial charge in [0.25, 0.3) is 0 Å². The number of nitrogens with one attached hydrogen (secondary N) is 1. The lowest BCUT2D eigenvalue weighted by Crippen LogP contribution is -2.44. The standard InChI is InChI=1S/C24H24N6/c1-29-9-11-30(12-10-29)21-13-20(15-25-16-21)19-7-8-26-22(14-19)24-27-17-23(28-24)18-5-3-2-4-6-18/h2-8,13-17H,9-12H2,1H3,(H,27,28). The van der Waals surface area contributed by atoms with E-state index in [1.54, 1.807) is 0 Å². The van der Waals surface area contributed by atoms with Gasteiger partial charge >= 0.3 is 0 Å². The Morgan fingerprint density at radius 1 is 0.800 bits per heavy atom. The van der Waals surface area contributed by atoms with Crippen molar-refractivity contribution in [2.45, 2.75) is 0 Å². The third-order valence-corrected chi connectivity index (χ3v) is 5.59. The van der Waals surface area contributed by atoms with E-state index in [1.165, 1.54) is 5.69 Å². The number of imidazole rings is 1. The van der Waals surface area contributed by atoms with Crippen LogP contribution in [0.3, 0.4) is 0 Å². The van der Waals surface area contributed by atoms with E-state index in [4.69, 9.17) is 0 Å². The molecule has 6 nitrogen and oxygen atoms in total. The average molecular weight is 396 g/mol. The second-order valence-corrected chi connectivity index (χ2v) is 7.66. The summed E-state index contributed by atoms with van der Waals surface area (Å²) >= 11 is 0. The fraction of sp³-hybridized carbons (Fsp3) is 0.208. The SMILES string of the molecule is CN1CCN(c2cncc(-c3ccnc(-c4ncc(-c5ccccc5)[nH]4)c3)c2)CC1. The lowest BCUT2D eigenvalue weighted by Gasteiger charge is -2.34. The highest BCUT2D eigenvalue weighted by molar-refractivity contribution is 5.71. The zero-order valence-corrected chi connectivity index (χ0v) is 17.0. The van der Waals surface area contributed by atoms with E-state index in [2.05, 4.69) is 61.0 Å². The molecule has 1 fully saturated rings. The van der Waals surface area contributed by atoms with Gasteiger partial charge in [-0.3, -0.25) is 9.97 Å². The zero-order valence-electron chi connectivity index (χ0n) is 17.0. The largest absolute Gasteiger partial charge is 0.368 e. The summed E-state index contributed by atoms with van der Waals surface area (Å²) in [7, 11) is 2.17. The van der Waals surface area contributed by atoms with Crippen LogP contribution in [-0.4, -0.2) is 58.1 Å². The minimum absolute atomic E-state index is 0.763. The molecule has 5 rings (SSSR count). The van der Waals surface area contributed by atoms with Gasteiger partial charge in [0.1, 0.15) is 5.69 Å². The molecule has 0 saturated carbocycles. The Labute approximate surface area is 176 Å². The number of hydrogen-bond acceptors (Lipinski definition) is 5. The molecular weight excluding hydrogens is 372 g/mol. The topological polar surface area (TPSA) is 60.9 Å². The monoisotopic (exact) mass is 396 g/mol. The van der Waals surface area contributed by atoms with Crippen molar-refractivity contribution in [2.24, 2.45) is 0 Å². The second kappa shape index (κ2) is 8.08. The van der Waals surface area contributed by atoms with E-state index in [1.807, 2.05) is 49.1 Å². The zero-order chi connectivity index (χ0) is 20.3. The first-order valence-electron chi connectivity index (χ1n) is 10.2. The van der Waals surface area contributed by atoms with Gasteiger partial charge in [0.15, 0.2) is 5.82 Å². The third-order valence-electron chi connectivity index (χ3n) is 5.59. The number of H-pyrrole nitrogens is 1. The minimum atomic E-state index is 0.763. The molecule has 6 heteroatoms. The maximum absolute atomic E-state index is 4.55. The predicted octanol–water partition coefficient (Wildman–Crippen LogP) is 3.95. The van der Waals surface area contributed by atoms with E-state index in [0.717, 1.165) is 60.1 Å². The van der Waals surface area contributed by atoms with Crippen LogP contribution in [0.4, 0.5) is 5.69 Å². The third kappa shape index (κ3) is 3.82. The second-order valence-electron chi connectivity index (χ2n) is 7.66. The molecule has 0 unspecified atom stereocenters. The Bertz CT molecular complexity index is 1130. The highest BCUT2D eigenvalue weighted by Crippen LogP contribution is 2.27. The lowest BCUT2D eigenvalue weighted by atomic mass is 10.1. The molecule has 0 amide bonds. The summed E-state index contributed by atoms with van der Waals surface area (Å²) in [5, 5.41) is 0. The van der Waals surface area contributed by atoms with Crippen LogP contribution in [-0.2, 0) is 0 Å². The Morgan fingerprint density at radius 2 is 1.63 bits per heavy atom. The Hall–Kier alpha value is -3.51. The van der Waals surface area contributed by atoms with Crippen LogP contribution >= 0.6 is 0 Å². The van der Waals surface area contributed by atoms with E-state index >= 15 is 0 Å². The fourth-order valence-corrected chi connectivity index (χ4v) is 3.78. The minimum Gasteiger partial charge on any atom is -0.368 e. The summed E-state index contributed by atoms with van der Waals surface area (Å²) < 4.78 is 0. The summed E-state index contributed by atoms with van der Waals surface area (Å²) in [6, 6.07) is 16.5. The maximum atomic E-state index is 4.55. The van der Waals surface area contributed by atoms with Gasteiger partial charge in [0, 0.05) is 44.1 Å². The highest BCUT2D eigenvalue weighted by Gasteiger charge is 2.15. The van der Waals surface area contributed by atoms with Gasteiger partial charge in [-0.2, -0.15) is 0 Å². The molecule has 0 atom stereocenters. The average Bonchev–Trinajstić information content (AvgIpc) is 3.31. The number of nitrogens with zero attached hydrogens (tertiary/aromatic N) is 5. The van der Waals surface area contributed by atoms with Crippen molar-refractivity contribution in [3.05, 3.63) is 73.3 Å². The molecule has 1 aliphatic heterocycles. The molecule has 150 valence electrons. The molecule has 3 aromatic heterocycles. The normalized spacial score (nSPS) is 14.8. The van der Waals surface area contributed by atoms with Gasteiger partial charge in [-0.15, -0.1) is 0 Å². The molecular formula is C24H24N6. The smallest absolute Gasteiger partial charge is 0.156 e. The number of likely N-dealkylation sites (N-methyl/N-ethyl adjacent to an activating group) is 1. The van der Waals surface area contributed by atoms with Gasteiger partial charge in [0.05, 0.1) is 23.8 Å². The Morgan fingerprint density at radius 3 is 2.47 bits per heavy atom. The number of anilines is 1. The Kier molecular flexibility index (Phi) is 4.99. The number of benzene rings is 1. The summed E-state index contributed by atoms with van der Waals surface area (Å²) in [4.78, 5) is 21.7. The van der Waals surface area contributed by atoms with E-state index in [9.17, 15) is 0 Å². The van der Waals surface area contributed by atoms with E-state index < -0.39 is 0 Å². The van der Waals surface area contributed by atoms with Crippen molar-refractivity contribution in [3.8, 4) is 33.9 Å². The van der Waals surface area contributed by atoms with Crippen molar-refractivity contribution in [3.63, 3.8) is 0 Å². The predicted molar refractivity (Wildman–Crippen MR) is 120 cm³/mol. The number of rotatable bonds is 4. The molecule has 1 aliphatic rings. The number of aromatic nitrogens is 4. The first-order chi connectivity index (χ1) is 14.8. The van der Waals surface area contributed by atoms with Crippen molar-refractivity contribution >= 4 is 5.69 Å². The van der Waals surface area contributed by atoms with Crippen LogP contribution in [0, 0.1) is 0 Å². The molecule has 1 saturated heterocycles. The number of aromatic amines is 1. The molecule has 1 N–H and O–H groups in total. The summed E-state index contributed by atoms with van der Waals surface area (Å²) in [6.45, 7) is 4.20. The van der Waals surface area contributed by atoms with E-state index in [0.29, 0.717) is 0 Å². The summed E-state index contributed by atoms with van der Waals surface area (Å²) in [6.07, 6.45) is 7.55. The molecule has 4 heterocycles. The molecule has 0 spiro atoms. The summed E-state index contributed by atoms with van der Waals surface area (Å²) in [5.41, 5.74) is 6.25. The number of pyridine rings is 2. The first-order valence-corrected chi connectivity index (χ1v) is 10.2. The highest BCUT2D eigenvalue weighted by atomic mass is 15.2. The number of hydrogen-bond donors (Lipinski definition) is 1. The van der Waals surface area contributed by atoms with Crippen molar-refractivity contribution in [1.29, 1.82) is 0 Å². The summed E-state index contributed by atoms with van der Waals surface area (Å²) in [5.74, 6) is 0.763. The van der Waals surface area contributed by atoms with E-state index in [-0.39, 0.29) is 0 Å². The molecule has 30 heavy (non-hydrogen) atoms. The van der Waals surface area contributed by atoms with Crippen molar-refractivity contribution < 1.29 is 0 Å². The molecule has 1 aromatic carbocycles. The van der Waals surface area contributed by atoms with Crippen LogP contribution in [0.2, 0.25) is 0 Å². The van der Waals surface area contributed by atoms with Crippen LogP contribution in [0.15, 0.2) is 73.3 Å². The van der Waals surface area contributed by atoms with Gasteiger partial charge in [-0.1, -0.05) is 30.3 Å². The van der Waals surface area contributed by atoms with Gasteiger partial charge in [-0.05, 0) is 36.4 Å². The maximum Gasteiger partial charge on any atom is 0.156 e. The van der Waals surface area contributed by atoms with Gasteiger partial charge in [0.2, 0.25) is 0 Å². The molecule has 0 aliphatic carbocycles. The lowest BCUT2D eigenvalue weighted by molar-refractivity contribution is 0.313. The van der Waals surface area contributed by atoms with Crippen LogP contribution in [0.5, 0.6) is 0 Å². The van der Waals surface area contributed by atoms with Gasteiger partial charge < -0.3 is 14.8 Å². The van der Waals surface area contributed by atoms with Crippen molar-refractivity contribution in [1.82, 2.24) is 24.8 Å². The molecule has 0 radical (unpaired) electrons. The first kappa shape index (κ1) is 18.5. The quantitative estimate of drug-likeness (QED) is 0.566. The molecule has 0 bridgehead atoms.